The zero-order valence-corrected chi connectivity index (χ0v) is 16.2. The first kappa shape index (κ1) is 21.7. The van der Waals surface area contributed by atoms with Crippen molar-refractivity contribution in [2.24, 2.45) is 0 Å². The molecule has 0 radical (unpaired) electrons. The lowest BCUT2D eigenvalue weighted by Gasteiger charge is -2.32. The van der Waals surface area contributed by atoms with Crippen molar-refractivity contribution in [3.63, 3.8) is 0 Å². The van der Waals surface area contributed by atoms with Crippen molar-refractivity contribution in [1.29, 1.82) is 0 Å². The van der Waals surface area contributed by atoms with Crippen LogP contribution in [0.15, 0.2) is 43.0 Å². The van der Waals surface area contributed by atoms with Crippen LogP contribution in [-0.2, 0) is 9.53 Å². The standard InChI is InChI=1S/C20H30N2O4/c1-7-11-16(21-19(25)26-20(3,4)5)18(24)22(6)14(2)17(23)15-12-9-8-10-13-15/h7-10,12-14,16-17,23H,1,11H2,2-6H3,(H,21,25)/t14-,16-,17+/m1/s1. The molecule has 0 aliphatic rings. The van der Waals surface area contributed by atoms with Crippen molar-refractivity contribution in [3.05, 3.63) is 48.6 Å². The molecular weight excluding hydrogens is 332 g/mol. The highest BCUT2D eigenvalue weighted by atomic mass is 16.6. The molecule has 0 aromatic heterocycles. The van der Waals surface area contributed by atoms with E-state index in [1.807, 2.05) is 18.2 Å². The summed E-state index contributed by atoms with van der Waals surface area (Å²) in [6, 6.07) is 7.85. The Morgan fingerprint density at radius 2 is 1.88 bits per heavy atom. The molecule has 0 saturated heterocycles. The highest BCUT2D eigenvalue weighted by molar-refractivity contribution is 5.86. The summed E-state index contributed by atoms with van der Waals surface area (Å²) in [5, 5.41) is 13.1. The van der Waals surface area contributed by atoms with Crippen LogP contribution in [0.1, 0.15) is 45.8 Å². The summed E-state index contributed by atoms with van der Waals surface area (Å²) in [5.41, 5.74) is 0.0641. The van der Waals surface area contributed by atoms with Gasteiger partial charge in [0.25, 0.3) is 0 Å². The maximum Gasteiger partial charge on any atom is 0.408 e. The van der Waals surface area contributed by atoms with E-state index in [9.17, 15) is 14.7 Å². The number of amides is 2. The molecule has 6 nitrogen and oxygen atoms in total. The highest BCUT2D eigenvalue weighted by Crippen LogP contribution is 2.20. The predicted molar refractivity (Wildman–Crippen MR) is 102 cm³/mol. The molecule has 0 saturated carbocycles. The lowest BCUT2D eigenvalue weighted by atomic mass is 10.0. The number of carbonyl (C=O) groups excluding carboxylic acids is 2. The normalized spacial score (nSPS) is 14.7. The molecule has 6 heteroatoms. The molecule has 0 unspecified atom stereocenters. The van der Waals surface area contributed by atoms with Crippen LogP contribution in [0.3, 0.4) is 0 Å². The van der Waals surface area contributed by atoms with Crippen molar-refractivity contribution in [2.45, 2.75) is 57.9 Å². The molecule has 0 aliphatic carbocycles. The van der Waals surface area contributed by atoms with Gasteiger partial charge in [0, 0.05) is 7.05 Å². The average Bonchev–Trinajstić information content (AvgIpc) is 2.58. The number of hydrogen-bond acceptors (Lipinski definition) is 4. The minimum absolute atomic E-state index is 0.260. The van der Waals surface area contributed by atoms with Gasteiger partial charge in [-0.1, -0.05) is 36.4 Å². The summed E-state index contributed by atoms with van der Waals surface area (Å²) in [4.78, 5) is 26.3. The molecule has 0 bridgehead atoms. The van der Waals surface area contributed by atoms with E-state index in [0.29, 0.717) is 0 Å². The van der Waals surface area contributed by atoms with Crippen LogP contribution in [0.4, 0.5) is 4.79 Å². The third kappa shape index (κ3) is 6.52. The molecule has 26 heavy (non-hydrogen) atoms. The first-order valence-electron chi connectivity index (χ1n) is 8.67. The molecule has 0 heterocycles. The second-order valence-electron chi connectivity index (χ2n) is 7.27. The third-order valence-corrected chi connectivity index (χ3v) is 3.95. The van der Waals surface area contributed by atoms with Gasteiger partial charge >= 0.3 is 6.09 Å². The molecule has 0 fully saturated rings. The number of nitrogens with zero attached hydrogens (tertiary/aromatic N) is 1. The summed E-state index contributed by atoms with van der Waals surface area (Å²) in [5.74, 6) is -0.321. The van der Waals surface area contributed by atoms with Crippen molar-refractivity contribution in [3.8, 4) is 0 Å². The third-order valence-electron chi connectivity index (χ3n) is 3.95. The fourth-order valence-corrected chi connectivity index (χ4v) is 2.43. The molecule has 1 rings (SSSR count). The molecule has 144 valence electrons. The van der Waals surface area contributed by atoms with Crippen LogP contribution in [0.25, 0.3) is 0 Å². The lowest BCUT2D eigenvalue weighted by Crippen LogP contribution is -2.51. The van der Waals surface area contributed by atoms with E-state index in [4.69, 9.17) is 4.74 Å². The number of nitrogens with one attached hydrogen (secondary N) is 1. The molecular formula is C20H30N2O4. The van der Waals surface area contributed by atoms with Gasteiger partial charge in [-0.2, -0.15) is 0 Å². The van der Waals surface area contributed by atoms with Gasteiger partial charge < -0.3 is 20.1 Å². The van der Waals surface area contributed by atoms with E-state index >= 15 is 0 Å². The summed E-state index contributed by atoms with van der Waals surface area (Å²) in [6.07, 6.45) is 0.321. The molecule has 2 N–H and O–H groups in total. The summed E-state index contributed by atoms with van der Waals surface area (Å²) >= 11 is 0. The second-order valence-corrected chi connectivity index (χ2v) is 7.27. The number of carbonyl (C=O) groups is 2. The number of ether oxygens (including phenoxy) is 1. The van der Waals surface area contributed by atoms with Gasteiger partial charge in [0.2, 0.25) is 5.91 Å². The Bertz CT molecular complexity index is 610. The Kier molecular flexibility index (Phi) is 7.83. The van der Waals surface area contributed by atoms with E-state index in [-0.39, 0.29) is 12.3 Å². The van der Waals surface area contributed by atoms with Crippen LogP contribution in [0, 0.1) is 0 Å². The fraction of sp³-hybridized carbons (Fsp3) is 0.500. The van der Waals surface area contributed by atoms with E-state index in [2.05, 4.69) is 11.9 Å². The number of aliphatic hydroxyl groups excluding tert-OH is 1. The van der Waals surface area contributed by atoms with Crippen molar-refractivity contribution < 1.29 is 19.4 Å². The number of hydrogen-bond donors (Lipinski definition) is 2. The Morgan fingerprint density at radius 3 is 2.38 bits per heavy atom. The Balaban J connectivity index is 2.83. The molecule has 2 amide bonds. The van der Waals surface area contributed by atoms with Crippen LogP contribution in [0.5, 0.6) is 0 Å². The van der Waals surface area contributed by atoms with Gasteiger partial charge in [0.15, 0.2) is 0 Å². The van der Waals surface area contributed by atoms with E-state index in [1.165, 1.54) is 4.90 Å². The SMILES string of the molecule is C=CC[C@@H](NC(=O)OC(C)(C)C)C(=O)N(C)[C@H](C)[C@H](O)c1ccccc1. The minimum Gasteiger partial charge on any atom is -0.444 e. The fourth-order valence-electron chi connectivity index (χ4n) is 2.43. The van der Waals surface area contributed by atoms with Crippen LogP contribution >= 0.6 is 0 Å². The van der Waals surface area contributed by atoms with Gasteiger partial charge in [-0.3, -0.25) is 4.79 Å². The highest BCUT2D eigenvalue weighted by Gasteiger charge is 2.30. The topological polar surface area (TPSA) is 78.9 Å². The Morgan fingerprint density at radius 1 is 1.31 bits per heavy atom. The van der Waals surface area contributed by atoms with Gasteiger partial charge in [-0.25, -0.2) is 4.79 Å². The zero-order chi connectivity index (χ0) is 19.9. The van der Waals surface area contributed by atoms with Gasteiger partial charge in [0.05, 0.1) is 12.1 Å². The van der Waals surface area contributed by atoms with E-state index < -0.39 is 29.9 Å². The van der Waals surface area contributed by atoms with Crippen LogP contribution in [-0.4, -0.2) is 46.7 Å². The van der Waals surface area contributed by atoms with Crippen molar-refractivity contribution >= 4 is 12.0 Å². The average molecular weight is 362 g/mol. The number of rotatable bonds is 7. The number of benzene rings is 1. The largest absolute Gasteiger partial charge is 0.444 e. The Labute approximate surface area is 155 Å². The second kappa shape index (κ2) is 9.38. The van der Waals surface area contributed by atoms with Gasteiger partial charge in [0.1, 0.15) is 11.6 Å². The smallest absolute Gasteiger partial charge is 0.408 e. The number of likely N-dealkylation sites (N-methyl/N-ethyl adjacent to an activating group) is 1. The van der Waals surface area contributed by atoms with Gasteiger partial charge in [-0.05, 0) is 39.7 Å². The number of aliphatic hydroxyl groups is 1. The monoisotopic (exact) mass is 362 g/mol. The van der Waals surface area contributed by atoms with Gasteiger partial charge in [-0.15, -0.1) is 6.58 Å². The molecule has 0 spiro atoms. The molecule has 1 aromatic rings. The first-order chi connectivity index (χ1) is 12.1. The quantitative estimate of drug-likeness (QED) is 0.731. The maximum atomic E-state index is 12.8. The van der Waals surface area contributed by atoms with Crippen molar-refractivity contribution in [2.75, 3.05) is 7.05 Å². The zero-order valence-electron chi connectivity index (χ0n) is 16.2. The summed E-state index contributed by atoms with van der Waals surface area (Å²) in [7, 11) is 1.60. The number of alkyl carbamates (subject to hydrolysis) is 1. The van der Waals surface area contributed by atoms with E-state index in [1.54, 1.807) is 53.0 Å². The molecule has 0 aliphatic heterocycles. The predicted octanol–water partition coefficient (Wildman–Crippen LogP) is 3.04. The first-order valence-corrected chi connectivity index (χ1v) is 8.67. The lowest BCUT2D eigenvalue weighted by molar-refractivity contribution is -0.136. The molecule has 1 aromatic carbocycles. The minimum atomic E-state index is -0.837. The van der Waals surface area contributed by atoms with Crippen molar-refractivity contribution in [1.82, 2.24) is 10.2 Å². The van der Waals surface area contributed by atoms with Crippen LogP contribution in [0.2, 0.25) is 0 Å². The Hall–Kier alpha value is -2.34. The molecule has 3 atom stereocenters. The van der Waals surface area contributed by atoms with E-state index in [0.717, 1.165) is 5.56 Å². The summed E-state index contributed by atoms with van der Waals surface area (Å²) < 4.78 is 5.22. The maximum absolute atomic E-state index is 12.8. The van der Waals surface area contributed by atoms with Crippen LogP contribution < -0.4 is 5.32 Å². The summed E-state index contributed by atoms with van der Waals surface area (Å²) in [6.45, 7) is 10.7.